The average molecular weight is 328 g/mol. The van der Waals surface area contributed by atoms with Crippen LogP contribution in [0.15, 0.2) is 22.8 Å². The standard InChI is InChI=1S/C12H18BrN5O/c1-17(7-8-19-2)6-5-14-12-15-11-4-3-10(13)9-18(11)16-12/h3-4,9H,5-8H2,1-2H3,(H,14,16). The zero-order chi connectivity index (χ0) is 13.7. The lowest BCUT2D eigenvalue weighted by atomic mass is 10.5. The molecule has 0 saturated heterocycles. The van der Waals surface area contributed by atoms with E-state index in [9.17, 15) is 0 Å². The summed E-state index contributed by atoms with van der Waals surface area (Å²) in [6.07, 6.45) is 1.89. The molecular weight excluding hydrogens is 310 g/mol. The van der Waals surface area contributed by atoms with Crippen molar-refractivity contribution in [1.29, 1.82) is 0 Å². The van der Waals surface area contributed by atoms with E-state index in [0.29, 0.717) is 5.95 Å². The number of pyridine rings is 1. The third kappa shape index (κ3) is 4.15. The number of methoxy groups -OCH3 is 1. The molecule has 0 spiro atoms. The highest BCUT2D eigenvalue weighted by molar-refractivity contribution is 9.10. The van der Waals surface area contributed by atoms with Crippen molar-refractivity contribution in [2.45, 2.75) is 0 Å². The molecular formula is C12H18BrN5O. The van der Waals surface area contributed by atoms with Crippen molar-refractivity contribution in [2.24, 2.45) is 0 Å². The number of aromatic nitrogens is 3. The van der Waals surface area contributed by atoms with Crippen LogP contribution in [0.3, 0.4) is 0 Å². The van der Waals surface area contributed by atoms with E-state index in [2.05, 4.69) is 43.3 Å². The van der Waals surface area contributed by atoms with Crippen LogP contribution in [0.25, 0.3) is 5.65 Å². The fourth-order valence-electron chi connectivity index (χ4n) is 1.65. The van der Waals surface area contributed by atoms with Crippen LogP contribution in [0.5, 0.6) is 0 Å². The van der Waals surface area contributed by atoms with E-state index in [-0.39, 0.29) is 0 Å². The van der Waals surface area contributed by atoms with Crippen LogP contribution in [-0.4, -0.2) is 59.9 Å². The van der Waals surface area contributed by atoms with Crippen molar-refractivity contribution >= 4 is 27.5 Å². The van der Waals surface area contributed by atoms with E-state index in [4.69, 9.17) is 4.74 Å². The number of hydrogen-bond donors (Lipinski definition) is 1. The lowest BCUT2D eigenvalue weighted by molar-refractivity contribution is 0.163. The van der Waals surface area contributed by atoms with Gasteiger partial charge in [0.05, 0.1) is 6.61 Å². The van der Waals surface area contributed by atoms with Crippen LogP contribution >= 0.6 is 15.9 Å². The number of nitrogens with one attached hydrogen (secondary N) is 1. The molecule has 2 rings (SSSR count). The molecule has 6 nitrogen and oxygen atoms in total. The first kappa shape index (κ1) is 14.2. The number of halogens is 1. The molecule has 0 aliphatic heterocycles. The van der Waals surface area contributed by atoms with Gasteiger partial charge in [-0.05, 0) is 35.1 Å². The predicted octanol–water partition coefficient (Wildman–Crippen LogP) is 1.48. The Hall–Kier alpha value is -1.18. The molecule has 2 heterocycles. The minimum atomic E-state index is 0.651. The molecule has 104 valence electrons. The van der Waals surface area contributed by atoms with Gasteiger partial charge in [-0.25, -0.2) is 4.52 Å². The molecule has 2 aromatic rings. The van der Waals surface area contributed by atoms with Crippen LogP contribution in [0.2, 0.25) is 0 Å². The van der Waals surface area contributed by atoms with E-state index < -0.39 is 0 Å². The summed E-state index contributed by atoms with van der Waals surface area (Å²) in [7, 11) is 3.78. The average Bonchev–Trinajstić information content (AvgIpc) is 2.78. The number of likely N-dealkylation sites (N-methyl/N-ethyl adjacent to an activating group) is 1. The summed E-state index contributed by atoms with van der Waals surface area (Å²) in [5, 5.41) is 7.57. The maximum absolute atomic E-state index is 5.03. The molecule has 0 saturated carbocycles. The molecule has 0 amide bonds. The number of nitrogens with zero attached hydrogens (tertiary/aromatic N) is 4. The number of ether oxygens (including phenoxy) is 1. The Balaban J connectivity index is 1.84. The van der Waals surface area contributed by atoms with Crippen molar-refractivity contribution in [3.8, 4) is 0 Å². The van der Waals surface area contributed by atoms with Gasteiger partial charge < -0.3 is 15.0 Å². The number of anilines is 1. The van der Waals surface area contributed by atoms with Gasteiger partial charge in [0.1, 0.15) is 0 Å². The molecule has 0 bridgehead atoms. The molecule has 0 fully saturated rings. The SMILES string of the molecule is COCCN(C)CCNc1nc2ccc(Br)cn2n1. The Bertz CT molecular complexity index is 530. The smallest absolute Gasteiger partial charge is 0.243 e. The minimum absolute atomic E-state index is 0.651. The topological polar surface area (TPSA) is 54.7 Å². The van der Waals surface area contributed by atoms with Crippen molar-refractivity contribution in [2.75, 3.05) is 45.7 Å². The van der Waals surface area contributed by atoms with E-state index >= 15 is 0 Å². The van der Waals surface area contributed by atoms with Crippen molar-refractivity contribution in [3.63, 3.8) is 0 Å². The zero-order valence-electron chi connectivity index (χ0n) is 11.1. The first-order chi connectivity index (χ1) is 9.19. The molecule has 7 heteroatoms. The van der Waals surface area contributed by atoms with Gasteiger partial charge in [0.25, 0.3) is 0 Å². The fourth-order valence-corrected chi connectivity index (χ4v) is 1.98. The van der Waals surface area contributed by atoms with Gasteiger partial charge in [-0.3, -0.25) is 0 Å². The van der Waals surface area contributed by atoms with Crippen molar-refractivity contribution < 1.29 is 4.74 Å². The minimum Gasteiger partial charge on any atom is -0.383 e. The molecule has 1 N–H and O–H groups in total. The summed E-state index contributed by atoms with van der Waals surface area (Å²) in [6, 6.07) is 3.87. The largest absolute Gasteiger partial charge is 0.383 e. The Kier molecular flexibility index (Phi) is 5.12. The summed E-state index contributed by atoms with van der Waals surface area (Å²) in [5.41, 5.74) is 0.832. The van der Waals surface area contributed by atoms with Crippen LogP contribution in [-0.2, 0) is 4.74 Å². The van der Waals surface area contributed by atoms with Gasteiger partial charge in [0.2, 0.25) is 5.95 Å². The molecule has 19 heavy (non-hydrogen) atoms. The van der Waals surface area contributed by atoms with Crippen LogP contribution in [0.1, 0.15) is 0 Å². The van der Waals surface area contributed by atoms with Gasteiger partial charge in [0, 0.05) is 37.4 Å². The molecule has 0 aliphatic rings. The highest BCUT2D eigenvalue weighted by Gasteiger charge is 2.03. The normalized spacial score (nSPS) is 11.4. The van der Waals surface area contributed by atoms with E-state index in [1.807, 2.05) is 18.3 Å². The van der Waals surface area contributed by atoms with Crippen LogP contribution in [0.4, 0.5) is 5.95 Å². The van der Waals surface area contributed by atoms with Gasteiger partial charge in [-0.2, -0.15) is 4.98 Å². The number of hydrogen-bond acceptors (Lipinski definition) is 5. The fraction of sp³-hybridized carbons (Fsp3) is 0.500. The Morgan fingerprint density at radius 1 is 1.42 bits per heavy atom. The van der Waals surface area contributed by atoms with E-state index in [0.717, 1.165) is 36.4 Å². The van der Waals surface area contributed by atoms with Gasteiger partial charge in [-0.15, -0.1) is 5.10 Å². The van der Waals surface area contributed by atoms with Gasteiger partial charge in [0.15, 0.2) is 5.65 Å². The lowest BCUT2D eigenvalue weighted by Gasteiger charge is -2.15. The van der Waals surface area contributed by atoms with Gasteiger partial charge >= 0.3 is 0 Å². The summed E-state index contributed by atoms with van der Waals surface area (Å²) in [5.74, 6) is 0.651. The van der Waals surface area contributed by atoms with Crippen molar-refractivity contribution in [3.05, 3.63) is 22.8 Å². The molecule has 0 aromatic carbocycles. The predicted molar refractivity (Wildman–Crippen MR) is 78.5 cm³/mol. The summed E-state index contributed by atoms with van der Waals surface area (Å²) < 4.78 is 7.77. The highest BCUT2D eigenvalue weighted by atomic mass is 79.9. The highest BCUT2D eigenvalue weighted by Crippen LogP contribution is 2.11. The van der Waals surface area contributed by atoms with Crippen LogP contribution < -0.4 is 5.32 Å². The van der Waals surface area contributed by atoms with Gasteiger partial charge in [-0.1, -0.05) is 0 Å². The Morgan fingerprint density at radius 2 is 2.26 bits per heavy atom. The second kappa shape index (κ2) is 6.83. The van der Waals surface area contributed by atoms with Crippen molar-refractivity contribution in [1.82, 2.24) is 19.5 Å². The van der Waals surface area contributed by atoms with E-state index in [1.54, 1.807) is 11.6 Å². The molecule has 2 aromatic heterocycles. The monoisotopic (exact) mass is 327 g/mol. The Labute approximate surface area is 120 Å². The second-order valence-electron chi connectivity index (χ2n) is 4.31. The maximum Gasteiger partial charge on any atom is 0.243 e. The molecule has 0 aliphatic carbocycles. The third-order valence-corrected chi connectivity index (χ3v) is 3.22. The molecule has 0 radical (unpaired) electrons. The number of fused-ring (bicyclic) bond motifs is 1. The van der Waals surface area contributed by atoms with E-state index in [1.165, 1.54) is 0 Å². The quantitative estimate of drug-likeness (QED) is 0.834. The summed E-state index contributed by atoms with van der Waals surface area (Å²) >= 11 is 3.41. The first-order valence-corrected chi connectivity index (χ1v) is 6.91. The zero-order valence-corrected chi connectivity index (χ0v) is 12.7. The molecule has 0 atom stereocenters. The summed E-state index contributed by atoms with van der Waals surface area (Å²) in [6.45, 7) is 3.39. The second-order valence-corrected chi connectivity index (χ2v) is 5.22. The van der Waals surface area contributed by atoms with Crippen LogP contribution in [0, 0.1) is 0 Å². The lowest BCUT2D eigenvalue weighted by Crippen LogP contribution is -2.28. The molecule has 0 unspecified atom stereocenters. The first-order valence-electron chi connectivity index (χ1n) is 6.12. The maximum atomic E-state index is 5.03. The third-order valence-electron chi connectivity index (χ3n) is 2.75. The number of rotatable bonds is 7. The summed E-state index contributed by atoms with van der Waals surface area (Å²) in [4.78, 5) is 6.59. The Morgan fingerprint density at radius 3 is 3.05 bits per heavy atom.